The number of amides is 1. The smallest absolute Gasteiger partial charge is 0.271 e. The first-order valence-corrected chi connectivity index (χ1v) is 8.72. The van der Waals surface area contributed by atoms with E-state index in [1.807, 2.05) is 11.0 Å². The van der Waals surface area contributed by atoms with Crippen LogP contribution in [0.25, 0.3) is 11.0 Å². The van der Waals surface area contributed by atoms with E-state index in [1.54, 1.807) is 24.4 Å². The van der Waals surface area contributed by atoms with Crippen molar-refractivity contribution >= 4 is 28.4 Å². The maximum absolute atomic E-state index is 14.9. The number of rotatable bonds is 4. The molecule has 10 heteroatoms. The maximum Gasteiger partial charge on any atom is 0.271 e. The number of nitrogens with one attached hydrogen (secondary N) is 2. The van der Waals surface area contributed by atoms with Crippen LogP contribution >= 0.6 is 0 Å². The Bertz CT molecular complexity index is 1060. The Morgan fingerprint density at radius 2 is 2.25 bits per heavy atom. The number of H-pyrrole nitrogens is 1. The first kappa shape index (κ1) is 17.7. The van der Waals surface area contributed by atoms with E-state index in [9.17, 15) is 9.18 Å². The summed E-state index contributed by atoms with van der Waals surface area (Å²) in [7, 11) is 0. The molecule has 0 aliphatic carbocycles. The van der Waals surface area contributed by atoms with E-state index in [0.717, 1.165) is 0 Å². The highest BCUT2D eigenvalue weighted by atomic mass is 19.1. The summed E-state index contributed by atoms with van der Waals surface area (Å²) < 4.78 is 14.9. The number of hydrogen-bond donors (Lipinski definition) is 3. The van der Waals surface area contributed by atoms with E-state index in [-0.39, 0.29) is 12.2 Å². The number of halogens is 1. The van der Waals surface area contributed by atoms with Crippen LogP contribution < -0.4 is 16.0 Å². The first-order valence-electron chi connectivity index (χ1n) is 8.72. The molecule has 0 saturated carbocycles. The number of aromatic amines is 1. The molecule has 1 aliphatic heterocycles. The Hall–Kier alpha value is -3.74. The molecule has 1 fully saturated rings. The summed E-state index contributed by atoms with van der Waals surface area (Å²) in [4.78, 5) is 20.7. The molecule has 0 aromatic carbocycles. The molecule has 142 valence electrons. The molecule has 0 unspecified atom stereocenters. The van der Waals surface area contributed by atoms with Crippen LogP contribution in [0.15, 0.2) is 30.6 Å². The molecule has 0 bridgehead atoms. The molecule has 1 aliphatic rings. The first-order chi connectivity index (χ1) is 13.6. The minimum Gasteiger partial charge on any atom is -0.377 e. The van der Waals surface area contributed by atoms with Crippen molar-refractivity contribution in [1.29, 1.82) is 5.26 Å². The second-order valence-corrected chi connectivity index (χ2v) is 6.55. The van der Waals surface area contributed by atoms with Crippen molar-refractivity contribution in [3.63, 3.8) is 0 Å². The molecule has 1 saturated heterocycles. The number of nitriles is 1. The van der Waals surface area contributed by atoms with Gasteiger partial charge in [-0.05, 0) is 24.6 Å². The number of anilines is 2. The van der Waals surface area contributed by atoms with Crippen LogP contribution in [0.4, 0.5) is 15.9 Å². The molecule has 1 amide bonds. The Kier molecular flexibility index (Phi) is 4.49. The number of piperidine rings is 1. The fraction of sp³-hybridized carbons (Fsp3) is 0.278. The van der Waals surface area contributed by atoms with Crippen LogP contribution in [0.1, 0.15) is 22.5 Å². The molecule has 0 radical (unpaired) electrons. The second kappa shape index (κ2) is 7.11. The summed E-state index contributed by atoms with van der Waals surface area (Å²) in [5.74, 6) is -0.107. The molecule has 0 spiro atoms. The van der Waals surface area contributed by atoms with Gasteiger partial charge in [-0.2, -0.15) is 5.26 Å². The maximum atomic E-state index is 14.9. The predicted octanol–water partition coefficient (Wildman–Crippen LogP) is 1.35. The number of nitrogens with zero attached hydrogens (tertiary/aromatic N) is 5. The summed E-state index contributed by atoms with van der Waals surface area (Å²) >= 11 is 0. The number of fused-ring (bicyclic) bond motifs is 1. The molecule has 3 aromatic heterocycles. The third-order valence-electron chi connectivity index (χ3n) is 4.79. The van der Waals surface area contributed by atoms with Crippen LogP contribution in [-0.4, -0.2) is 51.4 Å². The standard InChI is InChI=1S/C18H17FN8O/c19-12-9-27(14-2-1-10(7-20)8-23-14)6-4-13(12)24-15-11-3-5-22-18(11)26-25-16(15)17(21)28/h1-3,5,8,12-13H,4,6,9H2,(H2,21,28)(H2,22,24,26)/t12-,13+/m0/s1. The number of hydrogen-bond acceptors (Lipinski definition) is 7. The van der Waals surface area contributed by atoms with Gasteiger partial charge in [-0.3, -0.25) is 4.79 Å². The zero-order valence-electron chi connectivity index (χ0n) is 14.8. The van der Waals surface area contributed by atoms with Gasteiger partial charge in [0.15, 0.2) is 11.3 Å². The quantitative estimate of drug-likeness (QED) is 0.621. The molecule has 2 atom stereocenters. The lowest BCUT2D eigenvalue weighted by molar-refractivity contribution is 0.0995. The summed E-state index contributed by atoms with van der Waals surface area (Å²) in [5, 5.41) is 20.4. The summed E-state index contributed by atoms with van der Waals surface area (Å²) in [6, 6.07) is 6.60. The van der Waals surface area contributed by atoms with E-state index in [4.69, 9.17) is 11.0 Å². The van der Waals surface area contributed by atoms with Crippen molar-refractivity contribution in [3.8, 4) is 6.07 Å². The van der Waals surface area contributed by atoms with Gasteiger partial charge in [0.05, 0.1) is 23.8 Å². The largest absolute Gasteiger partial charge is 0.377 e. The third kappa shape index (κ3) is 3.18. The molecule has 4 rings (SSSR count). The minimum absolute atomic E-state index is 0.0181. The molecule has 9 nitrogen and oxygen atoms in total. The molecule has 28 heavy (non-hydrogen) atoms. The van der Waals surface area contributed by atoms with Crippen LogP contribution in [-0.2, 0) is 0 Å². The van der Waals surface area contributed by atoms with E-state index in [2.05, 4.69) is 25.5 Å². The Labute approximate surface area is 159 Å². The molecule has 3 aromatic rings. The SMILES string of the molecule is N#Cc1ccc(N2CC[C@@H](Nc3c(C(N)=O)nnc4[nH]ccc34)[C@@H](F)C2)nc1. The van der Waals surface area contributed by atoms with Gasteiger partial charge >= 0.3 is 0 Å². The normalized spacial score (nSPS) is 19.4. The highest BCUT2D eigenvalue weighted by Crippen LogP contribution is 2.28. The van der Waals surface area contributed by atoms with Gasteiger partial charge in [0.25, 0.3) is 5.91 Å². The van der Waals surface area contributed by atoms with E-state index < -0.39 is 18.1 Å². The number of carbonyl (C=O) groups is 1. The minimum atomic E-state index is -1.21. The fourth-order valence-electron chi connectivity index (χ4n) is 3.34. The predicted molar refractivity (Wildman–Crippen MR) is 100 cm³/mol. The topological polar surface area (TPSA) is 137 Å². The number of carbonyl (C=O) groups excluding carboxylic acids is 1. The highest BCUT2D eigenvalue weighted by molar-refractivity contribution is 6.04. The number of alkyl halides is 1. The lowest BCUT2D eigenvalue weighted by atomic mass is 10.0. The summed E-state index contributed by atoms with van der Waals surface area (Å²) in [6.07, 6.45) is 2.41. The Morgan fingerprint density at radius 3 is 2.93 bits per heavy atom. The number of pyridine rings is 1. The molecule has 4 heterocycles. The van der Waals surface area contributed by atoms with Crippen molar-refractivity contribution in [3.05, 3.63) is 41.9 Å². The average Bonchev–Trinajstić information content (AvgIpc) is 3.18. The van der Waals surface area contributed by atoms with E-state index in [1.165, 1.54) is 6.20 Å². The molecule has 4 N–H and O–H groups in total. The van der Waals surface area contributed by atoms with Gasteiger partial charge < -0.3 is 20.9 Å². The monoisotopic (exact) mass is 380 g/mol. The van der Waals surface area contributed by atoms with Gasteiger partial charge in [0.2, 0.25) is 0 Å². The Balaban J connectivity index is 1.54. The van der Waals surface area contributed by atoms with Gasteiger partial charge in [-0.25, -0.2) is 9.37 Å². The number of primary amides is 1. The summed E-state index contributed by atoms with van der Waals surface area (Å²) in [6.45, 7) is 0.703. The summed E-state index contributed by atoms with van der Waals surface area (Å²) in [5.41, 5.74) is 6.72. The van der Waals surface area contributed by atoms with Crippen molar-refractivity contribution in [1.82, 2.24) is 20.2 Å². The van der Waals surface area contributed by atoms with Crippen molar-refractivity contribution in [2.45, 2.75) is 18.6 Å². The highest BCUT2D eigenvalue weighted by Gasteiger charge is 2.31. The number of nitrogens with two attached hydrogens (primary N) is 1. The Morgan fingerprint density at radius 1 is 1.39 bits per heavy atom. The molecular weight excluding hydrogens is 363 g/mol. The van der Waals surface area contributed by atoms with Gasteiger partial charge in [0.1, 0.15) is 18.1 Å². The zero-order valence-corrected chi connectivity index (χ0v) is 14.8. The third-order valence-corrected chi connectivity index (χ3v) is 4.79. The lowest BCUT2D eigenvalue weighted by Gasteiger charge is -2.36. The van der Waals surface area contributed by atoms with E-state index in [0.29, 0.717) is 41.1 Å². The van der Waals surface area contributed by atoms with Crippen molar-refractivity contribution < 1.29 is 9.18 Å². The van der Waals surface area contributed by atoms with Crippen molar-refractivity contribution in [2.24, 2.45) is 5.73 Å². The van der Waals surface area contributed by atoms with E-state index >= 15 is 0 Å². The van der Waals surface area contributed by atoms with Crippen molar-refractivity contribution in [2.75, 3.05) is 23.3 Å². The fourth-order valence-corrected chi connectivity index (χ4v) is 3.34. The number of aromatic nitrogens is 4. The average molecular weight is 380 g/mol. The van der Waals surface area contributed by atoms with Crippen LogP contribution in [0, 0.1) is 11.3 Å². The van der Waals surface area contributed by atoms with Crippen LogP contribution in [0.2, 0.25) is 0 Å². The molecular formula is C18H17FN8O. The lowest BCUT2D eigenvalue weighted by Crippen LogP contribution is -2.48. The zero-order chi connectivity index (χ0) is 19.7. The van der Waals surface area contributed by atoms with Crippen LogP contribution in [0.5, 0.6) is 0 Å². The van der Waals surface area contributed by atoms with Gasteiger partial charge in [-0.1, -0.05) is 0 Å². The van der Waals surface area contributed by atoms with Gasteiger partial charge in [-0.15, -0.1) is 10.2 Å². The second-order valence-electron chi connectivity index (χ2n) is 6.55. The van der Waals surface area contributed by atoms with Crippen LogP contribution in [0.3, 0.4) is 0 Å². The van der Waals surface area contributed by atoms with Gasteiger partial charge in [0, 0.05) is 24.3 Å².